The predicted molar refractivity (Wildman–Crippen MR) is 124 cm³/mol. The van der Waals surface area contributed by atoms with Gasteiger partial charge in [0, 0.05) is 12.1 Å². The highest BCUT2D eigenvalue weighted by atomic mass is 35.5. The van der Waals surface area contributed by atoms with Crippen molar-refractivity contribution < 1.29 is 37.0 Å². The summed E-state index contributed by atoms with van der Waals surface area (Å²) in [6.45, 7) is 1.40. The topological polar surface area (TPSA) is 120 Å². The number of benzene rings is 2. The molecule has 1 atom stereocenters. The molecular weight excluding hydrogens is 476 g/mol. The Morgan fingerprint density at radius 3 is 2.03 bits per heavy atom. The minimum absolute atomic E-state index is 0.00547. The molecule has 10 nitrogen and oxygen atoms in total. The van der Waals surface area contributed by atoms with Crippen LogP contribution >= 0.6 is 11.6 Å². The number of amides is 1. The summed E-state index contributed by atoms with van der Waals surface area (Å²) in [5, 5.41) is 2.74. The maximum atomic E-state index is 13.1. The number of carbonyl (C=O) groups excluding carboxylic acids is 2. The predicted octanol–water partition coefficient (Wildman–Crippen LogP) is 2.95. The molecule has 0 aliphatic rings. The molecule has 0 saturated heterocycles. The number of halogens is 1. The van der Waals surface area contributed by atoms with E-state index in [2.05, 4.69) is 5.32 Å². The summed E-state index contributed by atoms with van der Waals surface area (Å²) >= 11 is 6.15. The Morgan fingerprint density at radius 2 is 1.55 bits per heavy atom. The average molecular weight is 501 g/mol. The van der Waals surface area contributed by atoms with Crippen molar-refractivity contribution in [2.24, 2.45) is 0 Å². The summed E-state index contributed by atoms with van der Waals surface area (Å²) in [5.41, 5.74) is 0.207. The van der Waals surface area contributed by atoms with Crippen molar-refractivity contribution in [1.82, 2.24) is 0 Å². The van der Waals surface area contributed by atoms with Crippen molar-refractivity contribution in [2.45, 2.75) is 13.0 Å². The van der Waals surface area contributed by atoms with E-state index in [1.165, 1.54) is 65.7 Å². The zero-order valence-corrected chi connectivity index (χ0v) is 20.5. The second-order valence-electron chi connectivity index (χ2n) is 6.79. The van der Waals surface area contributed by atoms with Gasteiger partial charge in [-0.15, -0.1) is 0 Å². The lowest BCUT2D eigenvalue weighted by atomic mass is 10.1. The third-order valence-electron chi connectivity index (χ3n) is 4.67. The van der Waals surface area contributed by atoms with E-state index in [1.807, 2.05) is 0 Å². The van der Waals surface area contributed by atoms with Gasteiger partial charge in [-0.05, 0) is 25.1 Å². The molecule has 180 valence electrons. The standard InChI is InChI=1S/C21H25ClN2O8S/c1-12(24(33(6,27)28)13-7-8-17(29-2)15(22)9-13)20(25)23-16-11-19(31-4)18(30-3)10-14(16)21(26)32-5/h7-12H,1-6H3,(H,23,25)/t12-/m1/s1. The number of carbonyl (C=O) groups is 2. The van der Waals surface area contributed by atoms with Crippen molar-refractivity contribution >= 4 is 44.9 Å². The van der Waals surface area contributed by atoms with Crippen molar-refractivity contribution in [2.75, 3.05) is 44.3 Å². The number of ether oxygens (including phenoxy) is 4. The summed E-state index contributed by atoms with van der Waals surface area (Å²) in [7, 11) is 1.49. The highest BCUT2D eigenvalue weighted by molar-refractivity contribution is 7.92. The number of hydrogen-bond acceptors (Lipinski definition) is 8. The van der Waals surface area contributed by atoms with Crippen LogP contribution in [0.4, 0.5) is 11.4 Å². The van der Waals surface area contributed by atoms with Crippen molar-refractivity contribution in [3.05, 3.63) is 40.9 Å². The van der Waals surface area contributed by atoms with Gasteiger partial charge in [-0.3, -0.25) is 9.10 Å². The minimum atomic E-state index is -3.91. The summed E-state index contributed by atoms with van der Waals surface area (Å²) in [4.78, 5) is 25.4. The van der Waals surface area contributed by atoms with Crippen LogP contribution < -0.4 is 23.8 Å². The van der Waals surface area contributed by atoms with Gasteiger partial charge in [0.2, 0.25) is 15.9 Å². The lowest BCUT2D eigenvalue weighted by Gasteiger charge is -2.28. The van der Waals surface area contributed by atoms with Crippen LogP contribution in [0.5, 0.6) is 17.2 Å². The number of anilines is 2. The van der Waals surface area contributed by atoms with E-state index >= 15 is 0 Å². The lowest BCUT2D eigenvalue weighted by Crippen LogP contribution is -2.45. The number of nitrogens with one attached hydrogen (secondary N) is 1. The molecule has 2 aromatic carbocycles. The third-order valence-corrected chi connectivity index (χ3v) is 6.20. The quantitative estimate of drug-likeness (QED) is 0.522. The molecule has 0 aromatic heterocycles. The highest BCUT2D eigenvalue weighted by Gasteiger charge is 2.31. The van der Waals surface area contributed by atoms with E-state index in [9.17, 15) is 18.0 Å². The fourth-order valence-electron chi connectivity index (χ4n) is 3.10. The van der Waals surface area contributed by atoms with Crippen LogP contribution in [0.1, 0.15) is 17.3 Å². The minimum Gasteiger partial charge on any atom is -0.495 e. The molecular formula is C21H25ClN2O8S. The van der Waals surface area contributed by atoms with E-state index < -0.39 is 27.9 Å². The largest absolute Gasteiger partial charge is 0.495 e. The molecule has 0 aliphatic heterocycles. The Labute approximate surface area is 197 Å². The Hall–Kier alpha value is -3.18. The van der Waals surface area contributed by atoms with E-state index in [-0.39, 0.29) is 33.5 Å². The van der Waals surface area contributed by atoms with Crippen LogP contribution in [0.3, 0.4) is 0 Å². The van der Waals surface area contributed by atoms with Gasteiger partial charge in [0.15, 0.2) is 11.5 Å². The Morgan fingerprint density at radius 1 is 0.970 bits per heavy atom. The molecule has 0 saturated carbocycles. The summed E-state index contributed by atoms with van der Waals surface area (Å²) in [5.74, 6) is -0.617. The molecule has 0 spiro atoms. The van der Waals surface area contributed by atoms with Crippen LogP contribution in [-0.4, -0.2) is 61.0 Å². The van der Waals surface area contributed by atoms with Gasteiger partial charge in [0.1, 0.15) is 11.8 Å². The Balaban J connectivity index is 2.49. The molecule has 0 aliphatic carbocycles. The number of hydrogen-bond donors (Lipinski definition) is 1. The van der Waals surface area contributed by atoms with Crippen molar-refractivity contribution in [3.8, 4) is 17.2 Å². The van der Waals surface area contributed by atoms with Gasteiger partial charge in [-0.25, -0.2) is 13.2 Å². The molecule has 1 N–H and O–H groups in total. The summed E-state index contributed by atoms with van der Waals surface area (Å²) < 4.78 is 46.3. The SMILES string of the molecule is COC(=O)c1cc(OC)c(OC)cc1NC(=O)[C@@H](C)N(c1ccc(OC)c(Cl)c1)S(C)(=O)=O. The second-order valence-corrected chi connectivity index (χ2v) is 9.05. The molecule has 12 heteroatoms. The van der Waals surface area contributed by atoms with Crippen LogP contribution in [-0.2, 0) is 19.6 Å². The second kappa shape index (κ2) is 10.6. The fraction of sp³-hybridized carbons (Fsp3) is 0.333. The van der Waals surface area contributed by atoms with Gasteiger partial charge in [-0.1, -0.05) is 11.6 Å². The monoisotopic (exact) mass is 500 g/mol. The summed E-state index contributed by atoms with van der Waals surface area (Å²) in [6, 6.07) is 5.84. The molecule has 1 amide bonds. The van der Waals surface area contributed by atoms with Gasteiger partial charge in [0.05, 0.1) is 56.7 Å². The third kappa shape index (κ3) is 5.79. The number of nitrogens with zero attached hydrogens (tertiary/aromatic N) is 1. The van der Waals surface area contributed by atoms with Crippen LogP contribution in [0.25, 0.3) is 0 Å². The summed E-state index contributed by atoms with van der Waals surface area (Å²) in [6.07, 6.45) is 0.963. The van der Waals surface area contributed by atoms with Crippen LogP contribution in [0.2, 0.25) is 5.02 Å². The van der Waals surface area contributed by atoms with Crippen molar-refractivity contribution in [1.29, 1.82) is 0 Å². The normalized spacial score (nSPS) is 11.8. The number of methoxy groups -OCH3 is 4. The fourth-order valence-corrected chi connectivity index (χ4v) is 4.52. The van der Waals surface area contributed by atoms with E-state index in [1.54, 1.807) is 0 Å². The molecule has 2 rings (SSSR count). The zero-order valence-electron chi connectivity index (χ0n) is 19.0. The molecule has 0 heterocycles. The van der Waals surface area contributed by atoms with Gasteiger partial charge >= 0.3 is 5.97 Å². The number of esters is 1. The van der Waals surface area contributed by atoms with Crippen molar-refractivity contribution in [3.63, 3.8) is 0 Å². The van der Waals surface area contributed by atoms with E-state index in [4.69, 9.17) is 30.5 Å². The molecule has 0 unspecified atom stereocenters. The van der Waals surface area contributed by atoms with E-state index in [0.717, 1.165) is 10.6 Å². The van der Waals surface area contributed by atoms with Gasteiger partial charge in [0.25, 0.3) is 0 Å². The number of sulfonamides is 1. The zero-order chi connectivity index (χ0) is 24.9. The highest BCUT2D eigenvalue weighted by Crippen LogP contribution is 2.35. The first-order valence-corrected chi connectivity index (χ1v) is 11.7. The Kier molecular flexibility index (Phi) is 8.39. The molecule has 33 heavy (non-hydrogen) atoms. The first-order valence-electron chi connectivity index (χ1n) is 9.46. The smallest absolute Gasteiger partial charge is 0.340 e. The maximum Gasteiger partial charge on any atom is 0.340 e. The van der Waals surface area contributed by atoms with Crippen LogP contribution in [0.15, 0.2) is 30.3 Å². The van der Waals surface area contributed by atoms with Crippen LogP contribution in [0, 0.1) is 0 Å². The molecule has 2 aromatic rings. The maximum absolute atomic E-state index is 13.1. The van der Waals surface area contributed by atoms with Gasteiger partial charge < -0.3 is 24.3 Å². The first-order chi connectivity index (χ1) is 15.5. The molecule has 0 fully saturated rings. The molecule has 0 bridgehead atoms. The van der Waals surface area contributed by atoms with Gasteiger partial charge in [-0.2, -0.15) is 0 Å². The lowest BCUT2D eigenvalue weighted by molar-refractivity contribution is -0.116. The van der Waals surface area contributed by atoms with E-state index in [0.29, 0.717) is 5.75 Å². The Bertz CT molecular complexity index is 1150. The average Bonchev–Trinajstić information content (AvgIpc) is 2.77. The number of rotatable bonds is 9. The molecule has 0 radical (unpaired) electrons. The first kappa shape index (κ1) is 26.1.